The molecule has 106 valence electrons. The molecule has 2 rings (SSSR count). The molecule has 0 atom stereocenters. The average molecular weight is 273 g/mol. The average Bonchev–Trinajstić information content (AvgIpc) is 2.44. The number of hydrogen-bond acceptors (Lipinski definition) is 6. The van der Waals surface area contributed by atoms with E-state index in [2.05, 4.69) is 33.3 Å². The fourth-order valence-electron chi connectivity index (χ4n) is 1.68. The van der Waals surface area contributed by atoms with Crippen LogP contribution in [0.4, 0.5) is 17.6 Å². The topological polar surface area (TPSA) is 86.0 Å². The molecule has 0 aliphatic rings. The highest BCUT2D eigenvalue weighted by atomic mass is 16.5. The summed E-state index contributed by atoms with van der Waals surface area (Å²) < 4.78 is 5.38. The van der Waals surface area contributed by atoms with Crippen LogP contribution in [0.1, 0.15) is 25.8 Å². The Balaban J connectivity index is 2.17. The number of nitrogens with zero attached hydrogens (tertiary/aromatic N) is 3. The standard InChI is InChI=1S/C14H19N5O/c1-3-8-20-14-18-12(15)17-13(19-14)16-11-7-5-6-10(4-2)9-11/h5-7,9H,3-4,8H2,1-2H3,(H3,15,16,17,18,19). The van der Waals surface area contributed by atoms with Gasteiger partial charge >= 0.3 is 6.01 Å². The van der Waals surface area contributed by atoms with Crippen LogP contribution >= 0.6 is 0 Å². The van der Waals surface area contributed by atoms with Gasteiger partial charge in [-0.2, -0.15) is 15.0 Å². The lowest BCUT2D eigenvalue weighted by atomic mass is 10.1. The van der Waals surface area contributed by atoms with E-state index in [-0.39, 0.29) is 12.0 Å². The maximum Gasteiger partial charge on any atom is 0.323 e. The number of benzene rings is 1. The molecule has 0 aliphatic carbocycles. The van der Waals surface area contributed by atoms with Gasteiger partial charge in [0.25, 0.3) is 0 Å². The molecule has 0 saturated heterocycles. The molecule has 20 heavy (non-hydrogen) atoms. The number of anilines is 3. The molecule has 3 N–H and O–H groups in total. The van der Waals surface area contributed by atoms with Crippen molar-refractivity contribution in [2.75, 3.05) is 17.7 Å². The Hall–Kier alpha value is -2.37. The van der Waals surface area contributed by atoms with E-state index >= 15 is 0 Å². The molecule has 6 heteroatoms. The third-order valence-electron chi connectivity index (χ3n) is 2.66. The van der Waals surface area contributed by atoms with Crippen LogP contribution in [0.2, 0.25) is 0 Å². The van der Waals surface area contributed by atoms with Crippen molar-refractivity contribution in [2.24, 2.45) is 0 Å². The van der Waals surface area contributed by atoms with Gasteiger partial charge in [-0.05, 0) is 30.5 Å². The summed E-state index contributed by atoms with van der Waals surface area (Å²) in [5, 5.41) is 3.11. The smallest absolute Gasteiger partial charge is 0.323 e. The molecular weight excluding hydrogens is 254 g/mol. The zero-order chi connectivity index (χ0) is 14.4. The first-order valence-electron chi connectivity index (χ1n) is 6.71. The minimum Gasteiger partial charge on any atom is -0.463 e. The molecule has 0 radical (unpaired) electrons. The quantitative estimate of drug-likeness (QED) is 0.841. The lowest BCUT2D eigenvalue weighted by Gasteiger charge is -2.08. The van der Waals surface area contributed by atoms with Crippen molar-refractivity contribution in [1.82, 2.24) is 15.0 Å². The molecule has 1 aromatic heterocycles. The Kier molecular flexibility index (Phi) is 4.70. The van der Waals surface area contributed by atoms with Gasteiger partial charge in [-0.25, -0.2) is 0 Å². The lowest BCUT2D eigenvalue weighted by molar-refractivity contribution is 0.292. The molecule has 2 aromatic rings. The zero-order valence-electron chi connectivity index (χ0n) is 11.8. The maximum atomic E-state index is 5.66. The van der Waals surface area contributed by atoms with Crippen molar-refractivity contribution in [2.45, 2.75) is 26.7 Å². The second-order valence-electron chi connectivity index (χ2n) is 4.33. The number of aromatic nitrogens is 3. The van der Waals surface area contributed by atoms with Gasteiger partial charge in [-0.15, -0.1) is 0 Å². The highest BCUT2D eigenvalue weighted by Gasteiger charge is 2.06. The van der Waals surface area contributed by atoms with Gasteiger partial charge in [0.15, 0.2) is 0 Å². The van der Waals surface area contributed by atoms with E-state index in [9.17, 15) is 0 Å². The molecule has 0 bridgehead atoms. The minimum absolute atomic E-state index is 0.139. The Bertz CT molecular complexity index is 573. The van der Waals surface area contributed by atoms with Gasteiger partial charge in [0.2, 0.25) is 11.9 Å². The van der Waals surface area contributed by atoms with Crippen molar-refractivity contribution < 1.29 is 4.74 Å². The molecule has 0 fully saturated rings. The van der Waals surface area contributed by atoms with E-state index < -0.39 is 0 Å². The highest BCUT2D eigenvalue weighted by molar-refractivity contribution is 5.55. The van der Waals surface area contributed by atoms with Crippen LogP contribution in [0.5, 0.6) is 6.01 Å². The predicted octanol–water partition coefficient (Wildman–Crippen LogP) is 2.55. The van der Waals surface area contributed by atoms with Crippen LogP contribution < -0.4 is 15.8 Å². The largest absolute Gasteiger partial charge is 0.463 e. The van der Waals surface area contributed by atoms with E-state index in [1.165, 1.54) is 5.56 Å². The van der Waals surface area contributed by atoms with Crippen molar-refractivity contribution in [3.05, 3.63) is 29.8 Å². The summed E-state index contributed by atoms with van der Waals surface area (Å²) in [6.45, 7) is 4.67. The third kappa shape index (κ3) is 3.81. The second-order valence-corrected chi connectivity index (χ2v) is 4.33. The summed E-state index contributed by atoms with van der Waals surface area (Å²) >= 11 is 0. The number of aryl methyl sites for hydroxylation is 1. The number of ether oxygens (including phenoxy) is 1. The van der Waals surface area contributed by atoms with Crippen LogP contribution in [-0.4, -0.2) is 21.6 Å². The molecule has 1 aromatic carbocycles. The first-order chi connectivity index (χ1) is 9.71. The Morgan fingerprint density at radius 2 is 2.05 bits per heavy atom. The lowest BCUT2D eigenvalue weighted by Crippen LogP contribution is -2.07. The van der Waals surface area contributed by atoms with Crippen molar-refractivity contribution >= 4 is 17.6 Å². The van der Waals surface area contributed by atoms with E-state index in [4.69, 9.17) is 10.5 Å². The minimum atomic E-state index is 0.139. The van der Waals surface area contributed by atoms with Crippen LogP contribution in [-0.2, 0) is 6.42 Å². The molecular formula is C14H19N5O. The Morgan fingerprint density at radius 1 is 1.20 bits per heavy atom. The molecule has 0 aliphatic heterocycles. The first-order valence-corrected chi connectivity index (χ1v) is 6.71. The van der Waals surface area contributed by atoms with Crippen molar-refractivity contribution in [1.29, 1.82) is 0 Å². The van der Waals surface area contributed by atoms with Crippen LogP contribution in [0.25, 0.3) is 0 Å². The van der Waals surface area contributed by atoms with Crippen LogP contribution in [0.3, 0.4) is 0 Å². The van der Waals surface area contributed by atoms with E-state index in [0.717, 1.165) is 18.5 Å². The highest BCUT2D eigenvalue weighted by Crippen LogP contribution is 2.17. The van der Waals surface area contributed by atoms with E-state index in [1.807, 2.05) is 25.1 Å². The van der Waals surface area contributed by atoms with E-state index in [0.29, 0.717) is 12.6 Å². The van der Waals surface area contributed by atoms with Crippen molar-refractivity contribution in [3.8, 4) is 6.01 Å². The van der Waals surface area contributed by atoms with Crippen LogP contribution in [0.15, 0.2) is 24.3 Å². The summed E-state index contributed by atoms with van der Waals surface area (Å²) in [7, 11) is 0. The number of nitrogens with one attached hydrogen (secondary N) is 1. The van der Waals surface area contributed by atoms with Gasteiger partial charge < -0.3 is 15.8 Å². The number of hydrogen-bond donors (Lipinski definition) is 2. The Labute approximate surface area is 118 Å². The second kappa shape index (κ2) is 6.70. The summed E-state index contributed by atoms with van der Waals surface area (Å²) in [6, 6.07) is 8.30. The SMILES string of the molecule is CCCOc1nc(N)nc(Nc2cccc(CC)c2)n1. The van der Waals surface area contributed by atoms with Crippen LogP contribution in [0, 0.1) is 0 Å². The summed E-state index contributed by atoms with van der Waals surface area (Å²) in [5.41, 5.74) is 7.81. The summed E-state index contributed by atoms with van der Waals surface area (Å²) in [5.74, 6) is 0.525. The molecule has 0 saturated carbocycles. The fourth-order valence-corrected chi connectivity index (χ4v) is 1.68. The molecule has 0 amide bonds. The first kappa shape index (κ1) is 14.0. The maximum absolute atomic E-state index is 5.66. The Morgan fingerprint density at radius 3 is 2.80 bits per heavy atom. The molecule has 0 unspecified atom stereocenters. The van der Waals surface area contributed by atoms with Gasteiger partial charge in [-0.1, -0.05) is 26.0 Å². The van der Waals surface area contributed by atoms with Gasteiger partial charge in [-0.3, -0.25) is 0 Å². The van der Waals surface area contributed by atoms with Gasteiger partial charge in [0, 0.05) is 5.69 Å². The summed E-state index contributed by atoms with van der Waals surface area (Å²) in [6.07, 6.45) is 1.85. The normalized spacial score (nSPS) is 10.3. The number of nitrogens with two attached hydrogens (primary N) is 1. The van der Waals surface area contributed by atoms with Crippen molar-refractivity contribution in [3.63, 3.8) is 0 Å². The molecule has 0 spiro atoms. The predicted molar refractivity (Wildman–Crippen MR) is 79.1 cm³/mol. The molecule has 1 heterocycles. The summed E-state index contributed by atoms with van der Waals surface area (Å²) in [4.78, 5) is 12.2. The van der Waals surface area contributed by atoms with E-state index in [1.54, 1.807) is 0 Å². The monoisotopic (exact) mass is 273 g/mol. The zero-order valence-corrected chi connectivity index (χ0v) is 11.8. The third-order valence-corrected chi connectivity index (χ3v) is 2.66. The number of rotatable bonds is 6. The number of nitrogen functional groups attached to an aromatic ring is 1. The molecule has 6 nitrogen and oxygen atoms in total. The van der Waals surface area contributed by atoms with Gasteiger partial charge in [0.1, 0.15) is 0 Å². The van der Waals surface area contributed by atoms with Gasteiger partial charge in [0.05, 0.1) is 6.61 Å². The fraction of sp³-hybridized carbons (Fsp3) is 0.357.